The zero-order chi connectivity index (χ0) is 26.2. The summed E-state index contributed by atoms with van der Waals surface area (Å²) in [5.74, 6) is 0.919. The molecule has 0 saturated carbocycles. The van der Waals surface area contributed by atoms with Gasteiger partial charge in [-0.15, -0.1) is 0 Å². The van der Waals surface area contributed by atoms with Crippen molar-refractivity contribution in [3.63, 3.8) is 0 Å². The van der Waals surface area contributed by atoms with E-state index >= 15 is 0 Å². The Morgan fingerprint density at radius 3 is 2.59 bits per heavy atom. The number of rotatable bonds is 4. The van der Waals surface area contributed by atoms with E-state index in [0.29, 0.717) is 22.2 Å². The summed E-state index contributed by atoms with van der Waals surface area (Å²) >= 11 is 5.64. The van der Waals surface area contributed by atoms with Gasteiger partial charge in [0.15, 0.2) is 11.6 Å². The summed E-state index contributed by atoms with van der Waals surface area (Å²) in [5.41, 5.74) is -0.542. The second-order valence-corrected chi connectivity index (χ2v) is 8.29. The van der Waals surface area contributed by atoms with Crippen molar-refractivity contribution >= 4 is 57.5 Å². The van der Waals surface area contributed by atoms with E-state index in [4.69, 9.17) is 16.3 Å². The topological polar surface area (TPSA) is 102 Å². The Morgan fingerprint density at radius 2 is 1.81 bits per heavy atom. The molecule has 0 spiro atoms. The van der Waals surface area contributed by atoms with Gasteiger partial charge in [-0.1, -0.05) is 35.9 Å². The molecular formula is C25H16ClF3N5O3-. The Labute approximate surface area is 212 Å². The average Bonchev–Trinajstić information content (AvgIpc) is 2.86. The number of urea groups is 1. The molecule has 1 aliphatic heterocycles. The Kier molecular flexibility index (Phi) is 6.32. The van der Waals surface area contributed by atoms with Crippen LogP contribution >= 0.6 is 11.6 Å². The summed E-state index contributed by atoms with van der Waals surface area (Å²) in [7, 11) is 0. The molecule has 0 saturated heterocycles. The number of ether oxygens (including phenoxy) is 1. The number of benzene rings is 3. The lowest BCUT2D eigenvalue weighted by atomic mass is 10.1. The molecule has 8 nitrogen and oxygen atoms in total. The van der Waals surface area contributed by atoms with Crippen LogP contribution in [0.25, 0.3) is 10.8 Å². The van der Waals surface area contributed by atoms with Crippen LogP contribution in [0.5, 0.6) is 11.5 Å². The molecule has 0 unspecified atom stereocenters. The van der Waals surface area contributed by atoms with Crippen LogP contribution in [0.15, 0.2) is 71.9 Å². The minimum absolute atomic E-state index is 0.0614. The number of fused-ring (bicyclic) bond motifs is 2. The fourth-order valence-corrected chi connectivity index (χ4v) is 4.05. The number of carbonyl (C=O) groups excluding carboxylic acids is 1. The first-order valence-electron chi connectivity index (χ1n) is 10.8. The highest BCUT2D eigenvalue weighted by Gasteiger charge is 2.33. The number of hydrogen-bond acceptors (Lipinski definition) is 6. The lowest BCUT2D eigenvalue weighted by molar-refractivity contribution is -0.137. The number of aliphatic imine (C=N–C) groups is 1. The van der Waals surface area contributed by atoms with Gasteiger partial charge in [0.05, 0.1) is 16.3 Å². The van der Waals surface area contributed by atoms with Gasteiger partial charge in [0.25, 0.3) is 0 Å². The Morgan fingerprint density at radius 1 is 1.03 bits per heavy atom. The molecule has 12 heteroatoms. The minimum atomic E-state index is -4.67. The number of nitrogens with one attached hydrogen (secondary N) is 2. The van der Waals surface area contributed by atoms with Gasteiger partial charge in [0.2, 0.25) is 0 Å². The number of amides is 2. The SMILES string of the molecule is O=C(Nc1ccc(Cl)c(C(F)(F)F)c1)Nc1ccc(Oc2ccnc3c2N([O-])CC=N3)c2ccccc12. The fourth-order valence-electron chi connectivity index (χ4n) is 3.82. The van der Waals surface area contributed by atoms with E-state index in [-0.39, 0.29) is 29.5 Å². The maximum atomic E-state index is 13.1. The van der Waals surface area contributed by atoms with E-state index in [9.17, 15) is 23.2 Å². The van der Waals surface area contributed by atoms with Crippen molar-refractivity contribution in [2.45, 2.75) is 6.18 Å². The molecule has 0 fully saturated rings. The smallest absolute Gasteiger partial charge is 0.417 e. The van der Waals surface area contributed by atoms with Crippen LogP contribution in [0.3, 0.4) is 0 Å². The van der Waals surface area contributed by atoms with Gasteiger partial charge < -0.3 is 25.6 Å². The quantitative estimate of drug-likeness (QED) is 0.289. The van der Waals surface area contributed by atoms with E-state index < -0.39 is 22.8 Å². The van der Waals surface area contributed by atoms with Crippen molar-refractivity contribution in [1.82, 2.24) is 4.98 Å². The van der Waals surface area contributed by atoms with Crippen LogP contribution in [0.2, 0.25) is 5.02 Å². The van der Waals surface area contributed by atoms with Crippen molar-refractivity contribution in [3.05, 3.63) is 82.7 Å². The van der Waals surface area contributed by atoms with Crippen molar-refractivity contribution < 1.29 is 22.7 Å². The van der Waals surface area contributed by atoms with Crippen LogP contribution in [0.1, 0.15) is 5.56 Å². The number of halogens is 4. The number of aromatic nitrogens is 1. The van der Waals surface area contributed by atoms with Crippen molar-refractivity contribution in [2.24, 2.45) is 4.99 Å². The summed E-state index contributed by atoms with van der Waals surface area (Å²) in [6, 6.07) is 14.1. The zero-order valence-corrected chi connectivity index (χ0v) is 19.5. The number of nitrogens with zero attached hydrogens (tertiary/aromatic N) is 3. The molecule has 1 aliphatic rings. The third kappa shape index (κ3) is 4.99. The normalized spacial score (nSPS) is 12.8. The van der Waals surface area contributed by atoms with E-state index in [2.05, 4.69) is 20.6 Å². The third-order valence-electron chi connectivity index (χ3n) is 5.46. The molecule has 0 radical (unpaired) electrons. The molecule has 2 amide bonds. The van der Waals surface area contributed by atoms with Crippen molar-refractivity contribution in [3.8, 4) is 11.5 Å². The van der Waals surface area contributed by atoms with Gasteiger partial charge in [0.1, 0.15) is 11.4 Å². The number of alkyl halides is 3. The molecule has 4 aromatic rings. The molecular weight excluding hydrogens is 511 g/mol. The molecule has 0 aliphatic carbocycles. The highest BCUT2D eigenvalue weighted by molar-refractivity contribution is 6.31. The predicted octanol–water partition coefficient (Wildman–Crippen LogP) is 7.36. The second-order valence-electron chi connectivity index (χ2n) is 7.88. The lowest BCUT2D eigenvalue weighted by Crippen LogP contribution is -2.21. The van der Waals surface area contributed by atoms with Crippen LogP contribution in [0, 0.1) is 5.21 Å². The Balaban J connectivity index is 1.41. The molecule has 2 heterocycles. The van der Waals surface area contributed by atoms with Gasteiger partial charge in [-0.05, 0) is 30.3 Å². The van der Waals surface area contributed by atoms with Gasteiger partial charge in [0, 0.05) is 41.5 Å². The standard InChI is InChI=1S/C25H16ClF3N5O3/c26-18-6-5-14(13-17(18)25(27,28)29)32-24(35)33-19-7-8-20(16-4-2-1-3-15(16)19)37-21-9-10-30-23-22(21)34(36)12-11-31-23/h1-11,13H,12H2,(H2,32,33,35)/q-1. The molecule has 1 aromatic heterocycles. The summed E-state index contributed by atoms with van der Waals surface area (Å²) in [4.78, 5) is 20.8. The number of pyridine rings is 1. The monoisotopic (exact) mass is 526 g/mol. The summed E-state index contributed by atoms with van der Waals surface area (Å²) < 4.78 is 45.5. The second kappa shape index (κ2) is 9.60. The largest absolute Gasteiger partial charge is 0.758 e. The number of carbonyl (C=O) groups is 1. The van der Waals surface area contributed by atoms with Crippen LogP contribution in [0.4, 0.5) is 40.8 Å². The number of hydroxylamine groups is 1. The highest BCUT2D eigenvalue weighted by atomic mass is 35.5. The van der Waals surface area contributed by atoms with Crippen LogP contribution in [-0.2, 0) is 6.18 Å². The number of hydrogen-bond donors (Lipinski definition) is 2. The maximum absolute atomic E-state index is 13.1. The van der Waals surface area contributed by atoms with Crippen molar-refractivity contribution in [2.75, 3.05) is 22.2 Å². The summed E-state index contributed by atoms with van der Waals surface area (Å²) in [6.07, 6.45) is -1.73. The van der Waals surface area contributed by atoms with Crippen LogP contribution in [-0.4, -0.2) is 23.8 Å². The molecule has 2 N–H and O–H groups in total. The first-order chi connectivity index (χ1) is 17.7. The Bertz CT molecular complexity index is 1540. The predicted molar refractivity (Wildman–Crippen MR) is 136 cm³/mol. The van der Waals surface area contributed by atoms with E-state index in [1.165, 1.54) is 18.5 Å². The Hall–Kier alpha value is -4.35. The molecule has 188 valence electrons. The van der Waals surface area contributed by atoms with Gasteiger partial charge in [-0.3, -0.25) is 0 Å². The maximum Gasteiger partial charge on any atom is 0.417 e. The van der Waals surface area contributed by atoms with E-state index in [1.54, 1.807) is 42.5 Å². The molecule has 0 atom stereocenters. The highest BCUT2D eigenvalue weighted by Crippen LogP contribution is 2.42. The van der Waals surface area contributed by atoms with Gasteiger partial charge in [-0.2, -0.15) is 13.2 Å². The lowest BCUT2D eigenvalue weighted by Gasteiger charge is -2.33. The summed E-state index contributed by atoms with van der Waals surface area (Å²) in [6.45, 7) is 0.0614. The van der Waals surface area contributed by atoms with E-state index in [0.717, 1.165) is 17.2 Å². The third-order valence-corrected chi connectivity index (χ3v) is 5.79. The van der Waals surface area contributed by atoms with Gasteiger partial charge in [-0.25, -0.2) is 14.8 Å². The van der Waals surface area contributed by atoms with E-state index in [1.807, 2.05) is 0 Å². The fraction of sp³-hybridized carbons (Fsp3) is 0.0800. The van der Waals surface area contributed by atoms with Crippen molar-refractivity contribution in [1.29, 1.82) is 0 Å². The number of anilines is 3. The molecule has 37 heavy (non-hydrogen) atoms. The van der Waals surface area contributed by atoms with Gasteiger partial charge >= 0.3 is 12.2 Å². The first-order valence-corrected chi connectivity index (χ1v) is 11.2. The zero-order valence-electron chi connectivity index (χ0n) is 18.7. The first kappa shape index (κ1) is 24.3. The molecule has 0 bridgehead atoms. The average molecular weight is 527 g/mol. The molecule has 5 rings (SSSR count). The summed E-state index contributed by atoms with van der Waals surface area (Å²) in [5, 5.41) is 18.9. The van der Waals surface area contributed by atoms with Crippen LogP contribution < -0.4 is 20.4 Å². The minimum Gasteiger partial charge on any atom is -0.758 e. The molecule has 3 aromatic carbocycles.